The standard InChI is InChI=1S/C30H30N2OP.BrH/c1-24(31-32-25(2)29-21-13-14-22-30(29)33-3)23-34(26-15-7-4-8-16-26,27-17-9-5-10-18-27)28-19-11-6-12-20-28;/h4-22H,23H2,1-3H3;1H/q+1;/p-1/b31-24+,32-25+;. The van der Waals surface area contributed by atoms with Crippen molar-refractivity contribution < 1.29 is 21.7 Å². The van der Waals surface area contributed by atoms with E-state index in [1.54, 1.807) is 7.11 Å². The summed E-state index contributed by atoms with van der Waals surface area (Å²) < 4.78 is 5.50. The zero-order chi connectivity index (χ0) is 23.8. The summed E-state index contributed by atoms with van der Waals surface area (Å²) in [7, 11) is -0.302. The van der Waals surface area contributed by atoms with Crippen LogP contribution in [0.15, 0.2) is 125 Å². The Morgan fingerprint density at radius 1 is 0.629 bits per heavy atom. The number of halogens is 1. The maximum atomic E-state index is 5.50. The highest BCUT2D eigenvalue weighted by molar-refractivity contribution is 7.96. The zero-order valence-electron chi connectivity index (χ0n) is 20.3. The van der Waals surface area contributed by atoms with E-state index in [0.29, 0.717) is 0 Å². The van der Waals surface area contributed by atoms with Gasteiger partial charge in [-0.15, -0.1) is 0 Å². The minimum atomic E-state index is -1.98. The van der Waals surface area contributed by atoms with Gasteiger partial charge in [0.05, 0.1) is 18.5 Å². The Morgan fingerprint density at radius 3 is 1.51 bits per heavy atom. The van der Waals surface area contributed by atoms with Gasteiger partial charge >= 0.3 is 0 Å². The second kappa shape index (κ2) is 12.6. The summed E-state index contributed by atoms with van der Waals surface area (Å²) in [5.41, 5.74) is 2.79. The molecule has 0 heterocycles. The molecule has 0 bridgehead atoms. The van der Waals surface area contributed by atoms with Crippen molar-refractivity contribution in [2.24, 2.45) is 10.2 Å². The lowest BCUT2D eigenvalue weighted by Gasteiger charge is -2.27. The summed E-state index contributed by atoms with van der Waals surface area (Å²) in [6.45, 7) is 4.06. The number of methoxy groups -OCH3 is 1. The van der Waals surface area contributed by atoms with Crippen LogP contribution in [0.25, 0.3) is 0 Å². The molecule has 0 radical (unpaired) electrons. The first-order chi connectivity index (χ1) is 16.6. The Balaban J connectivity index is 0.00000342. The Hall–Kier alpha value is -3.07. The Morgan fingerprint density at radius 2 is 1.06 bits per heavy atom. The van der Waals surface area contributed by atoms with E-state index in [4.69, 9.17) is 9.84 Å². The van der Waals surface area contributed by atoms with E-state index in [0.717, 1.165) is 28.9 Å². The number of benzene rings is 4. The van der Waals surface area contributed by atoms with Crippen molar-refractivity contribution in [3.63, 3.8) is 0 Å². The van der Waals surface area contributed by atoms with Crippen LogP contribution in [0.1, 0.15) is 19.4 Å². The normalized spacial score (nSPS) is 12.1. The monoisotopic (exact) mass is 544 g/mol. The van der Waals surface area contributed by atoms with Crippen molar-refractivity contribution in [1.82, 2.24) is 0 Å². The lowest BCUT2D eigenvalue weighted by Crippen LogP contribution is -3.00. The summed E-state index contributed by atoms with van der Waals surface area (Å²) in [5, 5.41) is 13.3. The van der Waals surface area contributed by atoms with Crippen molar-refractivity contribution in [1.29, 1.82) is 0 Å². The first-order valence-corrected chi connectivity index (χ1v) is 13.4. The van der Waals surface area contributed by atoms with Crippen molar-refractivity contribution in [2.75, 3.05) is 13.3 Å². The smallest absolute Gasteiger partial charge is 0.127 e. The van der Waals surface area contributed by atoms with Crippen LogP contribution < -0.4 is 37.6 Å². The van der Waals surface area contributed by atoms with Crippen LogP contribution in [-0.2, 0) is 0 Å². The van der Waals surface area contributed by atoms with E-state index < -0.39 is 7.26 Å². The largest absolute Gasteiger partial charge is 1.00 e. The average Bonchev–Trinajstić information content (AvgIpc) is 2.92. The highest BCUT2D eigenvalue weighted by atomic mass is 79.9. The van der Waals surface area contributed by atoms with E-state index in [1.807, 2.05) is 31.2 Å². The van der Waals surface area contributed by atoms with Crippen LogP contribution in [0.4, 0.5) is 0 Å². The van der Waals surface area contributed by atoms with Gasteiger partial charge in [0.15, 0.2) is 0 Å². The predicted octanol–water partition coefficient (Wildman–Crippen LogP) is 2.88. The minimum Gasteiger partial charge on any atom is -1.00 e. The van der Waals surface area contributed by atoms with E-state index in [-0.39, 0.29) is 17.0 Å². The molecule has 178 valence electrons. The average molecular weight is 545 g/mol. The molecular formula is C30H30BrN2OP. The first kappa shape index (κ1) is 26.5. The van der Waals surface area contributed by atoms with Gasteiger partial charge in [-0.3, -0.25) is 0 Å². The fourth-order valence-electron chi connectivity index (χ4n) is 4.30. The maximum absolute atomic E-state index is 5.50. The highest BCUT2D eigenvalue weighted by Crippen LogP contribution is 2.55. The SMILES string of the molecule is COc1ccccc1/C(C)=N/N=C(\C)C[P+](c1ccccc1)(c1ccccc1)c1ccccc1.[Br-]. The van der Waals surface area contributed by atoms with Crippen LogP contribution in [0.3, 0.4) is 0 Å². The molecule has 4 rings (SSSR count). The second-order valence-electron chi connectivity index (χ2n) is 8.20. The topological polar surface area (TPSA) is 34.0 Å². The molecule has 0 N–H and O–H groups in total. The molecule has 0 aliphatic heterocycles. The number of ether oxygens (including phenoxy) is 1. The molecular weight excluding hydrogens is 515 g/mol. The van der Waals surface area contributed by atoms with E-state index in [2.05, 4.69) is 103 Å². The van der Waals surface area contributed by atoms with Gasteiger partial charge in [-0.2, -0.15) is 10.2 Å². The molecule has 0 aliphatic rings. The molecule has 3 nitrogen and oxygen atoms in total. The third-order valence-electron chi connectivity index (χ3n) is 5.92. The summed E-state index contributed by atoms with van der Waals surface area (Å²) in [6, 6.07) is 40.5. The molecule has 0 fully saturated rings. The second-order valence-corrected chi connectivity index (χ2v) is 11.7. The van der Waals surface area contributed by atoms with Gasteiger partial charge in [0.25, 0.3) is 0 Å². The van der Waals surface area contributed by atoms with E-state index >= 15 is 0 Å². The van der Waals surface area contributed by atoms with Gasteiger partial charge in [0.2, 0.25) is 0 Å². The van der Waals surface area contributed by atoms with E-state index in [9.17, 15) is 0 Å². The third kappa shape index (κ3) is 5.96. The fourth-order valence-corrected chi connectivity index (χ4v) is 8.54. The van der Waals surface area contributed by atoms with Gasteiger partial charge in [0.1, 0.15) is 35.1 Å². The molecule has 0 aliphatic carbocycles. The first-order valence-electron chi connectivity index (χ1n) is 11.4. The number of para-hydroxylation sites is 1. The van der Waals surface area contributed by atoms with Crippen LogP contribution in [0, 0.1) is 0 Å². The van der Waals surface area contributed by atoms with Gasteiger partial charge < -0.3 is 21.7 Å². The Bertz CT molecular complexity index is 1180. The van der Waals surface area contributed by atoms with Crippen LogP contribution in [0.5, 0.6) is 5.75 Å². The molecule has 0 unspecified atom stereocenters. The number of hydrogen-bond acceptors (Lipinski definition) is 3. The molecule has 5 heteroatoms. The zero-order valence-corrected chi connectivity index (χ0v) is 22.8. The number of hydrogen-bond donors (Lipinski definition) is 0. The summed E-state index contributed by atoms with van der Waals surface area (Å²) in [6.07, 6.45) is 0.813. The lowest BCUT2D eigenvalue weighted by molar-refractivity contribution is -0.00000720. The lowest BCUT2D eigenvalue weighted by atomic mass is 10.1. The van der Waals surface area contributed by atoms with Crippen LogP contribution >= 0.6 is 7.26 Å². The van der Waals surface area contributed by atoms with E-state index in [1.165, 1.54) is 15.9 Å². The predicted molar refractivity (Wildman–Crippen MR) is 148 cm³/mol. The molecule has 4 aromatic rings. The summed E-state index contributed by atoms with van der Waals surface area (Å²) >= 11 is 0. The molecule has 0 saturated heterocycles. The Labute approximate surface area is 219 Å². The van der Waals surface area contributed by atoms with Crippen molar-refractivity contribution in [2.45, 2.75) is 13.8 Å². The van der Waals surface area contributed by atoms with Gasteiger partial charge in [-0.05, 0) is 62.4 Å². The van der Waals surface area contributed by atoms with Crippen molar-refractivity contribution in [3.05, 3.63) is 121 Å². The highest BCUT2D eigenvalue weighted by Gasteiger charge is 2.45. The van der Waals surface area contributed by atoms with Crippen LogP contribution in [-0.4, -0.2) is 24.7 Å². The molecule has 4 aromatic carbocycles. The van der Waals surface area contributed by atoms with Gasteiger partial charge in [-0.25, -0.2) is 0 Å². The summed E-state index contributed by atoms with van der Waals surface area (Å²) in [5.74, 6) is 0.802. The quantitative estimate of drug-likeness (QED) is 0.191. The van der Waals surface area contributed by atoms with Crippen molar-refractivity contribution in [3.8, 4) is 5.75 Å². The molecule has 0 amide bonds. The Kier molecular flexibility index (Phi) is 9.54. The van der Waals surface area contributed by atoms with Gasteiger partial charge in [-0.1, -0.05) is 66.7 Å². The third-order valence-corrected chi connectivity index (χ3v) is 10.4. The molecule has 0 atom stereocenters. The summed E-state index contributed by atoms with van der Waals surface area (Å²) in [4.78, 5) is 0. The van der Waals surface area contributed by atoms with Gasteiger partial charge in [0, 0.05) is 5.56 Å². The van der Waals surface area contributed by atoms with Crippen molar-refractivity contribution >= 4 is 34.6 Å². The number of rotatable bonds is 8. The molecule has 35 heavy (non-hydrogen) atoms. The fraction of sp³-hybridized carbons (Fsp3) is 0.133. The molecule has 0 saturated carbocycles. The maximum Gasteiger partial charge on any atom is 0.127 e. The minimum absolute atomic E-state index is 0. The number of nitrogens with zero attached hydrogens (tertiary/aromatic N) is 2. The molecule has 0 spiro atoms. The molecule has 0 aromatic heterocycles. The van der Waals surface area contributed by atoms with Crippen LogP contribution in [0.2, 0.25) is 0 Å².